The maximum atomic E-state index is 12.0. The highest BCUT2D eigenvalue weighted by molar-refractivity contribution is 5.78. The van der Waals surface area contributed by atoms with Crippen molar-refractivity contribution in [2.45, 2.75) is 39.2 Å². The van der Waals surface area contributed by atoms with Gasteiger partial charge in [0.25, 0.3) is 0 Å². The molecule has 0 aliphatic carbocycles. The van der Waals surface area contributed by atoms with Crippen LogP contribution in [0.4, 0.5) is 0 Å². The van der Waals surface area contributed by atoms with Crippen molar-refractivity contribution in [2.75, 3.05) is 26.7 Å². The fourth-order valence-electron chi connectivity index (χ4n) is 2.90. The second-order valence-corrected chi connectivity index (χ2v) is 6.38. The Morgan fingerprint density at radius 2 is 1.91 bits per heavy atom. The number of methoxy groups -OCH3 is 1. The van der Waals surface area contributed by atoms with Crippen molar-refractivity contribution in [3.8, 4) is 5.75 Å². The number of carbonyl (C=O) groups is 1. The molecule has 0 radical (unpaired) electrons. The first kappa shape index (κ1) is 16.8. The van der Waals surface area contributed by atoms with E-state index in [1.165, 1.54) is 5.56 Å². The standard InChI is InChI=1S/C18H28N2O2/c1-14(2)19-18(21)16-9-12-20(13-10-16)11-8-15-4-6-17(22-3)7-5-15/h4-7,14,16H,8-13H2,1-3H3,(H,19,21). The van der Waals surface area contributed by atoms with Gasteiger partial charge in [0.2, 0.25) is 5.91 Å². The van der Waals surface area contributed by atoms with Crippen LogP contribution in [0, 0.1) is 5.92 Å². The van der Waals surface area contributed by atoms with E-state index in [0.717, 1.165) is 44.6 Å². The van der Waals surface area contributed by atoms with Gasteiger partial charge in [0.15, 0.2) is 0 Å². The fraction of sp³-hybridized carbons (Fsp3) is 0.611. The third-order valence-corrected chi connectivity index (χ3v) is 4.27. The number of benzene rings is 1. The largest absolute Gasteiger partial charge is 0.497 e. The van der Waals surface area contributed by atoms with Gasteiger partial charge in [-0.05, 0) is 63.9 Å². The predicted octanol–water partition coefficient (Wildman–Crippen LogP) is 2.47. The third-order valence-electron chi connectivity index (χ3n) is 4.27. The first-order valence-electron chi connectivity index (χ1n) is 8.24. The van der Waals surface area contributed by atoms with E-state index in [2.05, 4.69) is 22.3 Å². The quantitative estimate of drug-likeness (QED) is 0.878. The molecular formula is C18H28N2O2. The number of likely N-dealkylation sites (tertiary alicyclic amines) is 1. The number of piperidine rings is 1. The molecule has 1 amide bonds. The Labute approximate surface area is 133 Å². The smallest absolute Gasteiger partial charge is 0.223 e. The Morgan fingerprint density at radius 3 is 2.45 bits per heavy atom. The zero-order valence-electron chi connectivity index (χ0n) is 14.0. The van der Waals surface area contributed by atoms with Crippen LogP contribution in [0.3, 0.4) is 0 Å². The zero-order chi connectivity index (χ0) is 15.9. The summed E-state index contributed by atoms with van der Waals surface area (Å²) < 4.78 is 5.18. The van der Waals surface area contributed by atoms with Crippen LogP contribution in [0.25, 0.3) is 0 Å². The zero-order valence-corrected chi connectivity index (χ0v) is 14.0. The number of carbonyl (C=O) groups excluding carboxylic acids is 1. The monoisotopic (exact) mass is 304 g/mol. The maximum absolute atomic E-state index is 12.0. The molecule has 1 aromatic rings. The van der Waals surface area contributed by atoms with E-state index >= 15 is 0 Å². The van der Waals surface area contributed by atoms with E-state index in [4.69, 9.17) is 4.74 Å². The van der Waals surface area contributed by atoms with E-state index in [-0.39, 0.29) is 17.9 Å². The lowest BCUT2D eigenvalue weighted by Crippen LogP contribution is -2.42. The summed E-state index contributed by atoms with van der Waals surface area (Å²) in [5.74, 6) is 1.32. The number of ether oxygens (including phenoxy) is 1. The molecule has 0 spiro atoms. The molecule has 0 saturated carbocycles. The first-order valence-corrected chi connectivity index (χ1v) is 8.24. The molecule has 1 N–H and O–H groups in total. The van der Waals surface area contributed by atoms with Crippen molar-refractivity contribution in [2.24, 2.45) is 5.92 Å². The van der Waals surface area contributed by atoms with Crippen LogP contribution in [0.5, 0.6) is 5.75 Å². The van der Waals surface area contributed by atoms with Crippen LogP contribution < -0.4 is 10.1 Å². The van der Waals surface area contributed by atoms with Gasteiger partial charge in [0.05, 0.1) is 7.11 Å². The van der Waals surface area contributed by atoms with Crippen LogP contribution in [0.15, 0.2) is 24.3 Å². The highest BCUT2D eigenvalue weighted by Gasteiger charge is 2.24. The summed E-state index contributed by atoms with van der Waals surface area (Å²) in [7, 11) is 1.69. The number of hydrogen-bond donors (Lipinski definition) is 1. The summed E-state index contributed by atoms with van der Waals surface area (Å²) in [4.78, 5) is 14.5. The average Bonchev–Trinajstić information content (AvgIpc) is 2.53. The Hall–Kier alpha value is -1.55. The molecule has 1 saturated heterocycles. The molecule has 2 rings (SSSR count). The molecule has 1 aliphatic rings. The van der Waals surface area contributed by atoms with Crippen molar-refractivity contribution < 1.29 is 9.53 Å². The number of nitrogens with zero attached hydrogens (tertiary/aromatic N) is 1. The molecule has 22 heavy (non-hydrogen) atoms. The molecule has 0 aromatic heterocycles. The normalized spacial score (nSPS) is 16.7. The van der Waals surface area contributed by atoms with Crippen molar-refractivity contribution in [3.05, 3.63) is 29.8 Å². The van der Waals surface area contributed by atoms with Gasteiger partial charge < -0.3 is 15.0 Å². The second-order valence-electron chi connectivity index (χ2n) is 6.38. The lowest BCUT2D eigenvalue weighted by atomic mass is 9.95. The molecule has 1 fully saturated rings. The maximum Gasteiger partial charge on any atom is 0.223 e. The summed E-state index contributed by atoms with van der Waals surface area (Å²) in [5, 5.41) is 3.03. The number of amides is 1. The Morgan fingerprint density at radius 1 is 1.27 bits per heavy atom. The molecule has 4 nitrogen and oxygen atoms in total. The van der Waals surface area contributed by atoms with E-state index < -0.39 is 0 Å². The lowest BCUT2D eigenvalue weighted by Gasteiger charge is -2.31. The van der Waals surface area contributed by atoms with Gasteiger partial charge >= 0.3 is 0 Å². The van der Waals surface area contributed by atoms with E-state index in [1.54, 1.807) is 7.11 Å². The van der Waals surface area contributed by atoms with Gasteiger partial charge in [-0.1, -0.05) is 12.1 Å². The lowest BCUT2D eigenvalue weighted by molar-refractivity contribution is -0.126. The van der Waals surface area contributed by atoms with Crippen molar-refractivity contribution in [3.63, 3.8) is 0 Å². The minimum absolute atomic E-state index is 0.194. The van der Waals surface area contributed by atoms with Crippen LogP contribution in [-0.2, 0) is 11.2 Å². The molecule has 4 heteroatoms. The molecule has 1 aliphatic heterocycles. The number of nitrogens with one attached hydrogen (secondary N) is 1. The topological polar surface area (TPSA) is 41.6 Å². The highest BCUT2D eigenvalue weighted by Crippen LogP contribution is 2.18. The molecule has 122 valence electrons. The van der Waals surface area contributed by atoms with E-state index in [0.29, 0.717) is 0 Å². The van der Waals surface area contributed by atoms with Gasteiger partial charge in [0.1, 0.15) is 5.75 Å². The SMILES string of the molecule is COc1ccc(CCN2CCC(C(=O)NC(C)C)CC2)cc1. The molecular weight excluding hydrogens is 276 g/mol. The van der Waals surface area contributed by atoms with Crippen LogP contribution in [0.2, 0.25) is 0 Å². The number of hydrogen-bond acceptors (Lipinski definition) is 3. The van der Waals surface area contributed by atoms with Gasteiger partial charge in [-0.3, -0.25) is 4.79 Å². The summed E-state index contributed by atoms with van der Waals surface area (Å²) in [6.45, 7) is 7.13. The summed E-state index contributed by atoms with van der Waals surface area (Å²) in [5.41, 5.74) is 1.33. The van der Waals surface area contributed by atoms with E-state index in [9.17, 15) is 4.79 Å². The van der Waals surface area contributed by atoms with Crippen molar-refractivity contribution in [1.29, 1.82) is 0 Å². The first-order chi connectivity index (χ1) is 10.6. The second kappa shape index (κ2) is 8.18. The van der Waals surface area contributed by atoms with Crippen LogP contribution in [-0.4, -0.2) is 43.6 Å². The van der Waals surface area contributed by atoms with Gasteiger partial charge in [0, 0.05) is 18.5 Å². The summed E-state index contributed by atoms with van der Waals surface area (Å²) >= 11 is 0. The van der Waals surface area contributed by atoms with Crippen molar-refractivity contribution >= 4 is 5.91 Å². The average molecular weight is 304 g/mol. The minimum atomic E-state index is 0.194. The Kier molecular flexibility index (Phi) is 6.25. The van der Waals surface area contributed by atoms with Crippen LogP contribution in [0.1, 0.15) is 32.3 Å². The van der Waals surface area contributed by atoms with Crippen molar-refractivity contribution in [1.82, 2.24) is 10.2 Å². The number of rotatable bonds is 6. The Balaban J connectivity index is 1.71. The van der Waals surface area contributed by atoms with E-state index in [1.807, 2.05) is 26.0 Å². The molecule has 0 unspecified atom stereocenters. The van der Waals surface area contributed by atoms with Gasteiger partial charge in [-0.25, -0.2) is 0 Å². The third kappa shape index (κ3) is 5.02. The molecule has 1 heterocycles. The highest BCUT2D eigenvalue weighted by atomic mass is 16.5. The molecule has 1 aromatic carbocycles. The Bertz CT molecular complexity index is 462. The molecule has 0 bridgehead atoms. The van der Waals surface area contributed by atoms with Gasteiger partial charge in [-0.15, -0.1) is 0 Å². The molecule has 0 atom stereocenters. The van der Waals surface area contributed by atoms with Crippen LogP contribution >= 0.6 is 0 Å². The summed E-state index contributed by atoms with van der Waals surface area (Å²) in [6.07, 6.45) is 3.00. The fourth-order valence-corrected chi connectivity index (χ4v) is 2.90. The predicted molar refractivity (Wildman–Crippen MR) is 89.1 cm³/mol. The minimum Gasteiger partial charge on any atom is -0.497 e. The van der Waals surface area contributed by atoms with Gasteiger partial charge in [-0.2, -0.15) is 0 Å². The summed E-state index contributed by atoms with van der Waals surface area (Å²) in [6, 6.07) is 8.51.